The van der Waals surface area contributed by atoms with Crippen LogP contribution in [0.25, 0.3) is 10.8 Å². The Labute approximate surface area is 120 Å². The van der Waals surface area contributed by atoms with E-state index in [4.69, 9.17) is 9.63 Å². The molecular formula is C11H10F3N3O3S. The molecule has 1 N–H and O–H groups in total. The van der Waals surface area contributed by atoms with Gasteiger partial charge in [-0.25, -0.2) is 0 Å². The predicted molar refractivity (Wildman–Crippen MR) is 66.6 cm³/mol. The molecule has 0 aliphatic heterocycles. The maximum absolute atomic E-state index is 12.4. The van der Waals surface area contributed by atoms with Crippen molar-refractivity contribution in [1.82, 2.24) is 15.0 Å². The van der Waals surface area contributed by atoms with Crippen molar-refractivity contribution in [3.63, 3.8) is 0 Å². The van der Waals surface area contributed by atoms with Crippen LogP contribution in [0.1, 0.15) is 5.82 Å². The Morgan fingerprint density at radius 3 is 2.81 bits per heavy atom. The summed E-state index contributed by atoms with van der Waals surface area (Å²) in [5.74, 6) is -1.16. The van der Waals surface area contributed by atoms with Crippen molar-refractivity contribution in [2.75, 3.05) is 13.1 Å². The summed E-state index contributed by atoms with van der Waals surface area (Å²) in [6.45, 7) is -2.48. The number of aliphatic carboxylic acids is 1. The zero-order valence-electron chi connectivity index (χ0n) is 10.5. The molecule has 0 unspecified atom stereocenters. The molecule has 0 saturated heterocycles. The first-order valence-corrected chi connectivity index (χ1v) is 6.59. The van der Waals surface area contributed by atoms with Crippen molar-refractivity contribution in [2.45, 2.75) is 12.7 Å². The Morgan fingerprint density at radius 2 is 2.24 bits per heavy atom. The van der Waals surface area contributed by atoms with Gasteiger partial charge in [-0.15, -0.1) is 11.3 Å². The van der Waals surface area contributed by atoms with Crippen molar-refractivity contribution in [3.05, 3.63) is 23.3 Å². The van der Waals surface area contributed by atoms with Crippen LogP contribution < -0.4 is 0 Å². The summed E-state index contributed by atoms with van der Waals surface area (Å²) in [6, 6.07) is 3.50. The van der Waals surface area contributed by atoms with Crippen LogP contribution in [0.15, 0.2) is 22.0 Å². The number of thiophene rings is 1. The molecule has 2 rings (SSSR count). The molecule has 21 heavy (non-hydrogen) atoms. The van der Waals surface area contributed by atoms with Crippen molar-refractivity contribution in [1.29, 1.82) is 0 Å². The molecule has 0 atom stereocenters. The molecule has 0 fully saturated rings. The lowest BCUT2D eigenvalue weighted by Crippen LogP contribution is -2.37. The third-order valence-electron chi connectivity index (χ3n) is 2.33. The van der Waals surface area contributed by atoms with E-state index in [-0.39, 0.29) is 18.3 Å². The van der Waals surface area contributed by atoms with Crippen LogP contribution in [0.2, 0.25) is 0 Å². The monoisotopic (exact) mass is 321 g/mol. The van der Waals surface area contributed by atoms with Crippen LogP contribution >= 0.6 is 11.3 Å². The molecule has 2 heterocycles. The fraction of sp³-hybridized carbons (Fsp3) is 0.364. The zero-order valence-corrected chi connectivity index (χ0v) is 11.3. The number of hydrogen-bond donors (Lipinski definition) is 1. The Morgan fingerprint density at radius 1 is 1.48 bits per heavy atom. The molecule has 6 nitrogen and oxygen atoms in total. The van der Waals surface area contributed by atoms with Crippen molar-refractivity contribution < 1.29 is 27.6 Å². The van der Waals surface area contributed by atoms with Gasteiger partial charge in [0, 0.05) is 0 Å². The highest BCUT2D eigenvalue weighted by atomic mass is 32.1. The smallest absolute Gasteiger partial charge is 0.401 e. The van der Waals surface area contributed by atoms with E-state index in [0.717, 1.165) is 0 Å². The lowest BCUT2D eigenvalue weighted by molar-refractivity contribution is -0.155. The van der Waals surface area contributed by atoms with Gasteiger partial charge in [0.1, 0.15) is 0 Å². The van der Waals surface area contributed by atoms with Gasteiger partial charge in [0.15, 0.2) is 5.82 Å². The quantitative estimate of drug-likeness (QED) is 0.879. The van der Waals surface area contributed by atoms with E-state index in [1.54, 1.807) is 17.5 Å². The number of carboxylic acids is 1. The summed E-state index contributed by atoms with van der Waals surface area (Å²) in [7, 11) is 0. The molecule has 0 saturated carbocycles. The summed E-state index contributed by atoms with van der Waals surface area (Å²) in [5.41, 5.74) is 0. The summed E-state index contributed by atoms with van der Waals surface area (Å²) in [6.07, 6.45) is -4.50. The fourth-order valence-corrected chi connectivity index (χ4v) is 2.28. The van der Waals surface area contributed by atoms with E-state index in [0.29, 0.717) is 9.78 Å². The molecule has 10 heteroatoms. The highest BCUT2D eigenvalue weighted by molar-refractivity contribution is 7.13. The fourth-order valence-electron chi connectivity index (χ4n) is 1.63. The van der Waals surface area contributed by atoms with E-state index in [1.165, 1.54) is 11.3 Å². The number of halogens is 3. The van der Waals surface area contributed by atoms with E-state index in [2.05, 4.69) is 10.1 Å². The van der Waals surface area contributed by atoms with E-state index in [1.807, 2.05) is 0 Å². The standard InChI is InChI=1S/C11H10F3N3O3S/c12-11(13,14)6-17(5-9(18)19)4-8-15-10(20-16-8)7-2-1-3-21-7/h1-3H,4-6H2,(H,18,19). The normalized spacial score (nSPS) is 12.0. The number of rotatable bonds is 6. The Balaban J connectivity index is 2.07. The summed E-state index contributed by atoms with van der Waals surface area (Å²) in [5, 5.41) is 14.0. The molecule has 0 aliphatic rings. The Kier molecular flexibility index (Phi) is 4.58. The van der Waals surface area contributed by atoms with Crippen LogP contribution in [-0.2, 0) is 11.3 Å². The number of nitrogens with zero attached hydrogens (tertiary/aromatic N) is 3. The summed E-state index contributed by atoms with van der Waals surface area (Å²) < 4.78 is 42.1. The topological polar surface area (TPSA) is 79.5 Å². The minimum absolute atomic E-state index is 0.00361. The minimum atomic E-state index is -4.50. The van der Waals surface area contributed by atoms with Crippen LogP contribution in [0.3, 0.4) is 0 Å². The van der Waals surface area contributed by atoms with Gasteiger partial charge in [-0.3, -0.25) is 9.69 Å². The number of hydrogen-bond acceptors (Lipinski definition) is 6. The molecule has 2 aromatic heterocycles. The van der Waals surface area contributed by atoms with Crippen LogP contribution in [-0.4, -0.2) is 45.4 Å². The highest BCUT2D eigenvalue weighted by Crippen LogP contribution is 2.23. The SMILES string of the molecule is O=C(O)CN(Cc1noc(-c2cccs2)n1)CC(F)(F)F. The predicted octanol–water partition coefficient (Wildman–Crippen LogP) is 2.25. The second-order valence-electron chi connectivity index (χ2n) is 4.15. The van der Waals surface area contributed by atoms with Crippen molar-refractivity contribution in [2.24, 2.45) is 0 Å². The second-order valence-corrected chi connectivity index (χ2v) is 5.09. The van der Waals surface area contributed by atoms with Crippen molar-refractivity contribution in [3.8, 4) is 10.8 Å². The molecule has 0 aromatic carbocycles. The highest BCUT2D eigenvalue weighted by Gasteiger charge is 2.32. The third-order valence-corrected chi connectivity index (χ3v) is 3.18. The van der Waals surface area contributed by atoms with Gasteiger partial charge in [0.25, 0.3) is 5.89 Å². The number of carbonyl (C=O) groups is 1. The third kappa shape index (κ3) is 4.83. The van der Waals surface area contributed by atoms with Gasteiger partial charge >= 0.3 is 12.1 Å². The van der Waals surface area contributed by atoms with Crippen LogP contribution in [0.5, 0.6) is 0 Å². The summed E-state index contributed by atoms with van der Waals surface area (Å²) in [4.78, 5) is 15.9. The first kappa shape index (κ1) is 15.4. The zero-order chi connectivity index (χ0) is 15.5. The molecule has 0 aliphatic carbocycles. The van der Waals surface area contributed by atoms with Gasteiger partial charge < -0.3 is 9.63 Å². The molecule has 114 valence electrons. The van der Waals surface area contributed by atoms with Crippen LogP contribution in [0, 0.1) is 0 Å². The number of aromatic nitrogens is 2. The minimum Gasteiger partial charge on any atom is -0.480 e. The number of alkyl halides is 3. The first-order chi connectivity index (χ1) is 9.83. The van der Waals surface area contributed by atoms with Gasteiger partial charge in [0.2, 0.25) is 0 Å². The van der Waals surface area contributed by atoms with Gasteiger partial charge in [-0.2, -0.15) is 18.2 Å². The molecule has 0 amide bonds. The maximum atomic E-state index is 12.4. The van der Waals surface area contributed by atoms with Crippen LogP contribution in [0.4, 0.5) is 13.2 Å². The number of carboxylic acid groups (broad SMARTS) is 1. The Bertz CT molecular complexity index is 597. The van der Waals surface area contributed by atoms with Gasteiger partial charge in [-0.05, 0) is 11.4 Å². The summed E-state index contributed by atoms with van der Waals surface area (Å²) >= 11 is 1.34. The Hall–Kier alpha value is -1.94. The largest absolute Gasteiger partial charge is 0.480 e. The molecule has 2 aromatic rings. The van der Waals surface area contributed by atoms with E-state index >= 15 is 0 Å². The lowest BCUT2D eigenvalue weighted by atomic mass is 10.4. The van der Waals surface area contributed by atoms with E-state index in [9.17, 15) is 18.0 Å². The molecular weight excluding hydrogens is 311 g/mol. The molecule has 0 spiro atoms. The molecule has 0 bridgehead atoms. The van der Waals surface area contributed by atoms with Gasteiger partial charge in [0.05, 0.1) is 24.5 Å². The second kappa shape index (κ2) is 6.22. The first-order valence-electron chi connectivity index (χ1n) is 5.71. The lowest BCUT2D eigenvalue weighted by Gasteiger charge is -2.19. The van der Waals surface area contributed by atoms with Crippen molar-refractivity contribution >= 4 is 17.3 Å². The molecule has 0 radical (unpaired) electrons. The van der Waals surface area contributed by atoms with Gasteiger partial charge in [-0.1, -0.05) is 11.2 Å². The average Bonchev–Trinajstić information content (AvgIpc) is 2.94. The average molecular weight is 321 g/mol. The maximum Gasteiger partial charge on any atom is 0.401 e. The van der Waals surface area contributed by atoms with E-state index < -0.39 is 25.2 Å².